The summed E-state index contributed by atoms with van der Waals surface area (Å²) in [6, 6.07) is 16.9. The van der Waals surface area contributed by atoms with Gasteiger partial charge in [0, 0.05) is 19.8 Å². The van der Waals surface area contributed by atoms with Crippen LogP contribution in [0, 0.1) is 0 Å². The van der Waals surface area contributed by atoms with Crippen LogP contribution in [0.1, 0.15) is 24.1 Å². The highest BCUT2D eigenvalue weighted by Crippen LogP contribution is 2.30. The van der Waals surface area contributed by atoms with Crippen LogP contribution in [-0.4, -0.2) is 31.7 Å². The maximum Gasteiger partial charge on any atom is 0.338 e. The number of benzene rings is 2. The van der Waals surface area contributed by atoms with E-state index in [1.54, 1.807) is 11.5 Å². The number of thiazole rings is 1. The van der Waals surface area contributed by atoms with E-state index in [-0.39, 0.29) is 5.56 Å². The van der Waals surface area contributed by atoms with Gasteiger partial charge in [0.25, 0.3) is 5.56 Å². The number of hydrogen-bond donors (Lipinski definition) is 0. The van der Waals surface area contributed by atoms with Crippen molar-refractivity contribution >= 4 is 29.1 Å². The molecule has 0 aliphatic carbocycles. The van der Waals surface area contributed by atoms with Crippen molar-refractivity contribution in [3.05, 3.63) is 96.7 Å². The summed E-state index contributed by atoms with van der Waals surface area (Å²) in [5.41, 5.74) is 3.60. The van der Waals surface area contributed by atoms with E-state index >= 15 is 0 Å². The van der Waals surface area contributed by atoms with Crippen LogP contribution < -0.4 is 19.8 Å². The Hall–Kier alpha value is -3.45. The molecule has 2 aromatic carbocycles. The number of anilines is 1. The number of methoxy groups -OCH3 is 1. The van der Waals surface area contributed by atoms with Crippen LogP contribution in [0.25, 0.3) is 6.08 Å². The van der Waals surface area contributed by atoms with Crippen molar-refractivity contribution in [1.29, 1.82) is 0 Å². The second-order valence-corrected chi connectivity index (χ2v) is 8.48. The Kier molecular flexibility index (Phi) is 5.61. The van der Waals surface area contributed by atoms with Crippen molar-refractivity contribution in [3.63, 3.8) is 0 Å². The van der Waals surface area contributed by atoms with E-state index in [0.717, 1.165) is 16.8 Å². The zero-order chi connectivity index (χ0) is 22.1. The first-order chi connectivity index (χ1) is 14.9. The third-order valence-electron chi connectivity index (χ3n) is 5.25. The van der Waals surface area contributed by atoms with Crippen LogP contribution >= 0.6 is 11.3 Å². The number of carbonyl (C=O) groups is 1. The van der Waals surface area contributed by atoms with Crippen molar-refractivity contribution in [2.24, 2.45) is 4.99 Å². The number of esters is 1. The molecular formula is C24H23N3O3S. The Bertz CT molecular complexity index is 1330. The number of fused-ring (bicyclic) bond motifs is 1. The predicted molar refractivity (Wildman–Crippen MR) is 123 cm³/mol. The highest BCUT2D eigenvalue weighted by molar-refractivity contribution is 7.07. The Labute approximate surface area is 184 Å². The van der Waals surface area contributed by atoms with Crippen LogP contribution in [0.3, 0.4) is 0 Å². The van der Waals surface area contributed by atoms with Crippen LogP contribution in [-0.2, 0) is 9.53 Å². The number of rotatable bonds is 4. The maximum absolute atomic E-state index is 13.4. The van der Waals surface area contributed by atoms with E-state index < -0.39 is 12.0 Å². The number of carbonyl (C=O) groups excluding carboxylic acids is 1. The lowest BCUT2D eigenvalue weighted by molar-refractivity contribution is -0.136. The zero-order valence-corrected chi connectivity index (χ0v) is 18.6. The molecule has 0 saturated carbocycles. The van der Waals surface area contributed by atoms with E-state index in [9.17, 15) is 9.59 Å². The number of nitrogens with zero attached hydrogens (tertiary/aromatic N) is 3. The summed E-state index contributed by atoms with van der Waals surface area (Å²) in [7, 11) is 5.31. The second-order valence-electron chi connectivity index (χ2n) is 7.47. The minimum atomic E-state index is -0.580. The van der Waals surface area contributed by atoms with Crippen LogP contribution in [0.5, 0.6) is 0 Å². The fourth-order valence-corrected chi connectivity index (χ4v) is 4.71. The SMILES string of the molecule is COC(=O)C1=C(C)N=c2sc(=Cc3ccc(N(C)C)cc3)c(=O)n2C1c1ccccc1. The molecule has 158 valence electrons. The number of allylic oxidation sites excluding steroid dienone is 1. The summed E-state index contributed by atoms with van der Waals surface area (Å²) < 4.78 is 7.18. The lowest BCUT2D eigenvalue weighted by atomic mass is 9.96. The first-order valence-electron chi connectivity index (χ1n) is 9.84. The molecule has 1 aliphatic heterocycles. The minimum absolute atomic E-state index is 0.178. The van der Waals surface area contributed by atoms with Gasteiger partial charge in [-0.1, -0.05) is 53.8 Å². The maximum atomic E-state index is 13.4. The quantitative estimate of drug-likeness (QED) is 0.593. The molecule has 31 heavy (non-hydrogen) atoms. The van der Waals surface area contributed by atoms with Gasteiger partial charge in [-0.05, 0) is 36.3 Å². The molecule has 0 amide bonds. The van der Waals surface area contributed by atoms with Crippen molar-refractivity contribution in [2.45, 2.75) is 13.0 Å². The molecule has 1 atom stereocenters. The molecule has 2 heterocycles. The van der Waals surface area contributed by atoms with Gasteiger partial charge in [-0.25, -0.2) is 9.79 Å². The van der Waals surface area contributed by atoms with Gasteiger partial charge < -0.3 is 9.64 Å². The molecule has 0 saturated heterocycles. The van der Waals surface area contributed by atoms with Crippen molar-refractivity contribution in [1.82, 2.24) is 4.57 Å². The Balaban J connectivity index is 1.91. The van der Waals surface area contributed by atoms with Gasteiger partial charge in [0.15, 0.2) is 4.80 Å². The highest BCUT2D eigenvalue weighted by atomic mass is 32.1. The zero-order valence-electron chi connectivity index (χ0n) is 17.8. The molecule has 0 radical (unpaired) electrons. The first-order valence-corrected chi connectivity index (χ1v) is 10.7. The molecule has 4 rings (SSSR count). The molecule has 0 bridgehead atoms. The average Bonchev–Trinajstić information content (AvgIpc) is 3.07. The van der Waals surface area contributed by atoms with E-state index in [1.807, 2.05) is 79.7 Å². The fourth-order valence-electron chi connectivity index (χ4n) is 3.66. The average molecular weight is 434 g/mol. The summed E-state index contributed by atoms with van der Waals surface area (Å²) in [4.78, 5) is 33.2. The molecule has 0 N–H and O–H groups in total. The molecule has 1 aromatic heterocycles. The van der Waals surface area contributed by atoms with Crippen LogP contribution in [0.15, 0.2) is 75.7 Å². The van der Waals surface area contributed by atoms with Gasteiger partial charge >= 0.3 is 5.97 Å². The Morgan fingerprint density at radius 2 is 1.81 bits per heavy atom. The molecule has 6 nitrogen and oxygen atoms in total. The number of ether oxygens (including phenoxy) is 1. The third-order valence-corrected chi connectivity index (χ3v) is 6.23. The first kappa shape index (κ1) is 20.8. The largest absolute Gasteiger partial charge is 0.466 e. The summed E-state index contributed by atoms with van der Waals surface area (Å²) in [5.74, 6) is -0.483. The molecule has 1 unspecified atom stereocenters. The summed E-state index contributed by atoms with van der Waals surface area (Å²) in [5, 5.41) is 0. The second kappa shape index (κ2) is 8.35. The Morgan fingerprint density at radius 3 is 2.42 bits per heavy atom. The van der Waals surface area contributed by atoms with Gasteiger partial charge in [0.2, 0.25) is 0 Å². The van der Waals surface area contributed by atoms with Crippen molar-refractivity contribution in [2.75, 3.05) is 26.1 Å². The normalized spacial score (nSPS) is 16.0. The summed E-state index contributed by atoms with van der Waals surface area (Å²) >= 11 is 1.32. The predicted octanol–water partition coefficient (Wildman–Crippen LogP) is 2.47. The van der Waals surface area contributed by atoms with Crippen LogP contribution in [0.4, 0.5) is 5.69 Å². The lowest BCUT2D eigenvalue weighted by Gasteiger charge is -2.24. The smallest absolute Gasteiger partial charge is 0.338 e. The van der Waals surface area contributed by atoms with E-state index in [4.69, 9.17) is 4.74 Å². The van der Waals surface area contributed by atoms with E-state index in [2.05, 4.69) is 4.99 Å². The Morgan fingerprint density at radius 1 is 1.13 bits per heavy atom. The van der Waals surface area contributed by atoms with Gasteiger partial charge in [-0.15, -0.1) is 0 Å². The van der Waals surface area contributed by atoms with Gasteiger partial charge in [-0.2, -0.15) is 0 Å². The lowest BCUT2D eigenvalue weighted by Crippen LogP contribution is -2.39. The molecule has 0 spiro atoms. The van der Waals surface area contributed by atoms with Crippen LogP contribution in [0.2, 0.25) is 0 Å². The molecular weight excluding hydrogens is 410 g/mol. The standard InChI is InChI=1S/C24H23N3O3S/c1-15-20(23(29)30-4)21(17-8-6-5-7-9-17)27-22(28)19(31-24(27)25-15)14-16-10-12-18(13-11-16)26(2)3/h5-14,21H,1-4H3. The van der Waals surface area contributed by atoms with Crippen molar-refractivity contribution in [3.8, 4) is 0 Å². The summed E-state index contributed by atoms with van der Waals surface area (Å²) in [6.07, 6.45) is 1.86. The van der Waals surface area contributed by atoms with Gasteiger partial charge in [0.05, 0.1) is 29.0 Å². The van der Waals surface area contributed by atoms with Crippen molar-refractivity contribution < 1.29 is 9.53 Å². The fraction of sp³-hybridized carbons (Fsp3) is 0.208. The molecule has 0 fully saturated rings. The monoisotopic (exact) mass is 433 g/mol. The number of hydrogen-bond acceptors (Lipinski definition) is 6. The van der Waals surface area contributed by atoms with Gasteiger partial charge in [0.1, 0.15) is 0 Å². The van der Waals surface area contributed by atoms with Gasteiger partial charge in [-0.3, -0.25) is 9.36 Å². The molecule has 3 aromatic rings. The highest BCUT2D eigenvalue weighted by Gasteiger charge is 2.32. The minimum Gasteiger partial charge on any atom is -0.466 e. The van der Waals surface area contributed by atoms with E-state index in [1.165, 1.54) is 18.4 Å². The molecule has 1 aliphatic rings. The third kappa shape index (κ3) is 3.84. The summed E-state index contributed by atoms with van der Waals surface area (Å²) in [6.45, 7) is 1.78. The topological polar surface area (TPSA) is 63.9 Å². The molecule has 7 heteroatoms. The number of aromatic nitrogens is 1. The van der Waals surface area contributed by atoms with E-state index in [0.29, 0.717) is 20.6 Å².